The third kappa shape index (κ3) is 3.66. The van der Waals surface area contributed by atoms with Crippen molar-refractivity contribution in [1.82, 2.24) is 14.7 Å². The molecule has 1 aromatic heterocycles. The van der Waals surface area contributed by atoms with Gasteiger partial charge in [-0.15, -0.1) is 0 Å². The van der Waals surface area contributed by atoms with Crippen LogP contribution in [0.15, 0.2) is 42.5 Å². The molecule has 2 rings (SSSR count). The number of benzene rings is 1. The fourth-order valence-corrected chi connectivity index (χ4v) is 1.30. The van der Waals surface area contributed by atoms with Gasteiger partial charge >= 0.3 is 0 Å². The minimum Gasteiger partial charge on any atom is -0.366 e. The Morgan fingerprint density at radius 2 is 2.32 bits per heavy atom. The van der Waals surface area contributed by atoms with Gasteiger partial charge in [0.15, 0.2) is 0 Å². The van der Waals surface area contributed by atoms with Gasteiger partial charge in [-0.25, -0.2) is 0 Å². The molecule has 0 saturated heterocycles. The molecule has 0 radical (unpaired) electrons. The molecule has 1 heterocycles. The molecule has 0 fully saturated rings. The summed E-state index contributed by atoms with van der Waals surface area (Å²) in [5, 5.41) is 3.58. The number of hydrogen-bond donors (Lipinski definition) is 0. The van der Waals surface area contributed by atoms with Crippen molar-refractivity contribution in [2.45, 2.75) is 6.10 Å². The molecule has 4 heteroatoms. The van der Waals surface area contributed by atoms with Gasteiger partial charge < -0.3 is 9.64 Å². The van der Waals surface area contributed by atoms with Gasteiger partial charge in [-0.05, 0) is 25.6 Å². The number of rotatable bonds is 6. The molecule has 0 spiro atoms. The summed E-state index contributed by atoms with van der Waals surface area (Å²) in [6.07, 6.45) is -1.38. The first-order valence-electron chi connectivity index (χ1n) is 14.0. The van der Waals surface area contributed by atoms with Crippen LogP contribution in [0.5, 0.6) is 0 Å². The molecule has 2 aromatic rings. The smallest absolute Gasteiger partial charge is 0.124 e. The van der Waals surface area contributed by atoms with Crippen molar-refractivity contribution in [3.05, 3.63) is 53.7 Å². The van der Waals surface area contributed by atoms with E-state index in [9.17, 15) is 0 Å². The molecule has 0 aliphatic heterocycles. The van der Waals surface area contributed by atoms with E-state index in [0.717, 1.165) is 12.3 Å². The second-order valence-corrected chi connectivity index (χ2v) is 3.25. The van der Waals surface area contributed by atoms with E-state index < -0.39 is 86.5 Å². The maximum Gasteiger partial charge on any atom is 0.124 e. The van der Waals surface area contributed by atoms with E-state index in [1.807, 2.05) is 0 Å². The van der Waals surface area contributed by atoms with Crippen LogP contribution in [0.3, 0.4) is 0 Å². The zero-order valence-corrected chi connectivity index (χ0v) is 9.48. The highest BCUT2D eigenvalue weighted by molar-refractivity contribution is 5.25. The quantitative estimate of drug-likeness (QED) is 0.810. The minimum atomic E-state index is -3.97. The van der Waals surface area contributed by atoms with E-state index in [1.54, 1.807) is 0 Å². The van der Waals surface area contributed by atoms with Crippen LogP contribution in [0.4, 0.5) is 0 Å². The van der Waals surface area contributed by atoms with Gasteiger partial charge in [0.1, 0.15) is 6.10 Å². The van der Waals surface area contributed by atoms with Gasteiger partial charge in [0, 0.05) is 34.7 Å². The highest BCUT2D eigenvalue weighted by Gasteiger charge is 2.17. The topological polar surface area (TPSA) is 30.3 Å². The van der Waals surface area contributed by atoms with Crippen molar-refractivity contribution >= 4 is 0 Å². The first kappa shape index (κ1) is 3.51. The molecule has 0 aliphatic rings. The normalized spacial score (nSPS) is 30.2. The number of nitrogens with zero attached hydrogens (tertiary/aromatic N) is 3. The minimum absolute atomic E-state index is 0.301. The highest BCUT2D eigenvalue weighted by atomic mass is 16.5. The molecule has 1 aromatic carbocycles. The molecular formula is C15H21N3O. The van der Waals surface area contributed by atoms with Crippen LogP contribution in [0.25, 0.3) is 0 Å². The monoisotopic (exact) mass is 277 g/mol. The van der Waals surface area contributed by atoms with Crippen molar-refractivity contribution in [3.8, 4) is 0 Å². The Morgan fingerprint density at radius 3 is 3.05 bits per heavy atom. The van der Waals surface area contributed by atoms with Crippen LogP contribution in [0, 0.1) is 0 Å². The second kappa shape index (κ2) is 6.50. The van der Waals surface area contributed by atoms with Gasteiger partial charge in [-0.1, -0.05) is 30.2 Å². The molecule has 1 atom stereocenters. The maximum absolute atomic E-state index is 8.22. The Kier molecular flexibility index (Phi) is 1.20. The summed E-state index contributed by atoms with van der Waals surface area (Å²) in [7, 11) is 0. The average Bonchev–Trinajstić information content (AvgIpc) is 3.17. The summed E-state index contributed by atoms with van der Waals surface area (Å²) in [5.74, 6) is 0. The summed E-state index contributed by atoms with van der Waals surface area (Å²) >= 11 is 0. The Hall–Kier alpha value is -1.65. The molecule has 0 bridgehead atoms. The van der Waals surface area contributed by atoms with Gasteiger partial charge in [-0.3, -0.25) is 4.68 Å². The summed E-state index contributed by atoms with van der Waals surface area (Å²) < 4.78 is 146. The lowest BCUT2D eigenvalue weighted by molar-refractivity contribution is 0.0638. The van der Waals surface area contributed by atoms with Crippen LogP contribution in [0.1, 0.15) is 42.0 Å². The molecule has 0 saturated carbocycles. The Morgan fingerprint density at radius 1 is 1.47 bits per heavy atom. The fourth-order valence-electron chi connectivity index (χ4n) is 1.30. The Labute approximate surface area is 139 Å². The number of ether oxygens (including phenoxy) is 1. The summed E-state index contributed by atoms with van der Waals surface area (Å²) in [5.41, 5.74) is -1.45. The van der Waals surface area contributed by atoms with E-state index >= 15 is 0 Å². The average molecular weight is 277 g/mol. The second-order valence-electron chi connectivity index (χ2n) is 3.25. The van der Waals surface area contributed by atoms with Crippen LogP contribution < -0.4 is 0 Å². The van der Waals surface area contributed by atoms with Crippen LogP contribution in [0.2, 0.25) is 0 Å². The zero-order chi connectivity index (χ0) is 29.1. The molecule has 102 valence electrons. The standard InChI is InChI=1S/C15H21N3O/c1-17(2)11-12-19-15(13-7-5-4-6-8-13)14-9-10-16-18(14)3/h4-10,15H,11-12H2,1-3H3/i1D3,2D3,3D3,4D,5D,6D,7D,8D,11D2,12D2. The molecule has 0 N–H and O–H groups in total. The number of aromatic nitrogens is 2. The van der Waals surface area contributed by atoms with E-state index in [2.05, 4.69) is 5.10 Å². The van der Waals surface area contributed by atoms with Gasteiger partial charge in [0.2, 0.25) is 0 Å². The van der Waals surface area contributed by atoms with Gasteiger partial charge in [0.25, 0.3) is 0 Å². The van der Waals surface area contributed by atoms with Crippen molar-refractivity contribution in [3.63, 3.8) is 0 Å². The van der Waals surface area contributed by atoms with Gasteiger partial charge in [0.05, 0.1) is 21.8 Å². The molecule has 19 heavy (non-hydrogen) atoms. The van der Waals surface area contributed by atoms with E-state index in [1.165, 1.54) is 0 Å². The first-order chi connectivity index (χ1) is 16.4. The summed E-state index contributed by atoms with van der Waals surface area (Å²) in [6.45, 7) is -18.4. The molecule has 0 amide bonds. The lowest BCUT2D eigenvalue weighted by Crippen LogP contribution is -2.20. The molecular weight excluding hydrogens is 238 g/mol. The lowest BCUT2D eigenvalue weighted by atomic mass is 10.1. The van der Waals surface area contributed by atoms with Crippen LogP contribution >= 0.6 is 0 Å². The van der Waals surface area contributed by atoms with Crippen molar-refractivity contribution in [2.75, 3.05) is 27.0 Å². The Bertz CT molecular complexity index is 1100. The SMILES string of the molecule is [2H]c1c([2H])c([2H])c(C(OC([2H])([2H])C([2H])([2H])N(C([2H])([2H])[2H])C([2H])([2H])[2H])c2ccnn2C([2H])([2H])[2H])c([2H])c1[2H]. The largest absolute Gasteiger partial charge is 0.366 e. The van der Waals surface area contributed by atoms with Crippen molar-refractivity contribution in [1.29, 1.82) is 0 Å². The van der Waals surface area contributed by atoms with Crippen LogP contribution in [-0.4, -0.2) is 41.7 Å². The zero-order valence-electron chi connectivity index (χ0n) is 27.5. The van der Waals surface area contributed by atoms with Gasteiger partial charge in [-0.2, -0.15) is 5.10 Å². The van der Waals surface area contributed by atoms with E-state index in [4.69, 9.17) is 29.4 Å². The first-order valence-corrected chi connectivity index (χ1v) is 4.97. The third-order valence-corrected chi connectivity index (χ3v) is 2.06. The maximum atomic E-state index is 8.22. The summed E-state index contributed by atoms with van der Waals surface area (Å²) in [4.78, 5) is -0.729. The van der Waals surface area contributed by atoms with Crippen molar-refractivity contribution in [2.24, 2.45) is 6.98 Å². The number of hydrogen-bond acceptors (Lipinski definition) is 3. The van der Waals surface area contributed by atoms with E-state index in [0.29, 0.717) is 4.68 Å². The van der Waals surface area contributed by atoms with Crippen molar-refractivity contribution < 1.29 is 29.4 Å². The highest BCUT2D eigenvalue weighted by Crippen LogP contribution is 2.25. The summed E-state index contributed by atoms with van der Waals surface area (Å²) in [6, 6.07) is -3.67. The number of likely N-dealkylation sites (N-methyl/N-ethyl adjacent to an activating group) is 1. The fraction of sp³-hybridized carbons (Fsp3) is 0.400. The molecule has 1 unspecified atom stereocenters. The lowest BCUT2D eigenvalue weighted by Gasteiger charge is -2.20. The van der Waals surface area contributed by atoms with E-state index in [-0.39, 0.29) is 0 Å². The number of aryl methyl sites for hydroxylation is 1. The third-order valence-electron chi connectivity index (χ3n) is 2.06. The molecule has 0 aliphatic carbocycles. The predicted molar refractivity (Wildman–Crippen MR) is 76.0 cm³/mol. The predicted octanol–water partition coefficient (Wildman–Crippen LogP) is 2.09. The van der Waals surface area contributed by atoms with Crippen LogP contribution in [-0.2, 0) is 11.7 Å². The molecule has 4 nitrogen and oxygen atoms in total. The Balaban J connectivity index is 2.88.